The van der Waals surface area contributed by atoms with E-state index in [0.717, 1.165) is 23.9 Å². The molecule has 0 unspecified atom stereocenters. The minimum absolute atomic E-state index is 0.910. The lowest BCUT2D eigenvalue weighted by molar-refractivity contribution is 0.815. The number of rotatable bonds is 1. The fraction of sp³-hybridized carbons (Fsp3) is 0.333. The molecule has 100 valence electrons. The first-order valence-corrected chi connectivity index (χ1v) is 6.59. The summed E-state index contributed by atoms with van der Waals surface area (Å²) in [5.41, 5.74) is 2.46. The van der Waals surface area contributed by atoms with Crippen LogP contribution >= 0.6 is 0 Å². The van der Waals surface area contributed by atoms with Crippen LogP contribution in [0, 0.1) is 6.92 Å². The van der Waals surface area contributed by atoms with Crippen LogP contribution in [0.15, 0.2) is 36.5 Å². The molecule has 4 nitrogen and oxygen atoms in total. The first-order chi connectivity index (χ1) is 9.29. The van der Waals surface area contributed by atoms with Gasteiger partial charge in [-0.05, 0) is 43.5 Å². The number of aromatic nitrogens is 2. The van der Waals surface area contributed by atoms with Crippen molar-refractivity contribution in [2.45, 2.75) is 19.8 Å². The van der Waals surface area contributed by atoms with Crippen molar-refractivity contribution < 1.29 is 0 Å². The van der Waals surface area contributed by atoms with Crippen LogP contribution in [0.5, 0.6) is 0 Å². The molecule has 19 heavy (non-hydrogen) atoms. The zero-order chi connectivity index (χ0) is 13.5. The van der Waals surface area contributed by atoms with Crippen molar-refractivity contribution in [1.29, 1.82) is 0 Å². The predicted octanol–water partition coefficient (Wildman–Crippen LogP) is 2.87. The summed E-state index contributed by atoms with van der Waals surface area (Å²) >= 11 is 0. The van der Waals surface area contributed by atoms with E-state index >= 15 is 0 Å². The number of hydrogen-bond donors (Lipinski definition) is 2. The quantitative estimate of drug-likeness (QED) is 0.823. The molecule has 3 heterocycles. The third-order valence-electron chi connectivity index (χ3n) is 2.95. The molecular formula is C15H20N4. The van der Waals surface area contributed by atoms with Gasteiger partial charge in [0.1, 0.15) is 11.6 Å². The molecule has 0 amide bonds. The number of pyridine rings is 2. The van der Waals surface area contributed by atoms with Crippen molar-refractivity contribution in [3.8, 4) is 0 Å². The molecule has 0 radical (unpaired) electrons. The number of nitrogens with zero attached hydrogens (tertiary/aromatic N) is 2. The van der Waals surface area contributed by atoms with Gasteiger partial charge in [0.2, 0.25) is 0 Å². The highest BCUT2D eigenvalue weighted by atomic mass is 15.0. The molecule has 0 aliphatic carbocycles. The Bertz CT molecular complexity index is 511. The molecule has 3 rings (SSSR count). The van der Waals surface area contributed by atoms with E-state index in [0.29, 0.717) is 0 Å². The van der Waals surface area contributed by atoms with Gasteiger partial charge in [0.05, 0.1) is 0 Å². The van der Waals surface area contributed by atoms with Crippen LogP contribution in [-0.4, -0.2) is 23.6 Å². The van der Waals surface area contributed by atoms with E-state index < -0.39 is 0 Å². The Hall–Kier alpha value is -2.10. The van der Waals surface area contributed by atoms with Gasteiger partial charge in [-0.2, -0.15) is 0 Å². The lowest BCUT2D eigenvalue weighted by atomic mass is 10.1. The van der Waals surface area contributed by atoms with Gasteiger partial charge in [0.15, 0.2) is 0 Å². The Balaban J connectivity index is 0.000000148. The number of aryl methyl sites for hydroxylation is 2. The summed E-state index contributed by atoms with van der Waals surface area (Å²) in [7, 11) is 1.85. The molecule has 1 aliphatic heterocycles. The average molecular weight is 256 g/mol. The van der Waals surface area contributed by atoms with Crippen molar-refractivity contribution in [2.24, 2.45) is 0 Å². The van der Waals surface area contributed by atoms with E-state index in [4.69, 9.17) is 0 Å². The van der Waals surface area contributed by atoms with Gasteiger partial charge in [-0.1, -0.05) is 12.1 Å². The van der Waals surface area contributed by atoms with E-state index in [1.807, 2.05) is 32.2 Å². The first-order valence-electron chi connectivity index (χ1n) is 6.59. The topological polar surface area (TPSA) is 49.8 Å². The third kappa shape index (κ3) is 3.95. The van der Waals surface area contributed by atoms with Gasteiger partial charge in [-0.15, -0.1) is 0 Å². The van der Waals surface area contributed by atoms with Crippen molar-refractivity contribution >= 4 is 11.6 Å². The van der Waals surface area contributed by atoms with Crippen LogP contribution in [0.2, 0.25) is 0 Å². The molecule has 0 atom stereocenters. The second kappa shape index (κ2) is 6.73. The lowest BCUT2D eigenvalue weighted by Crippen LogP contribution is -2.13. The van der Waals surface area contributed by atoms with Crippen LogP contribution in [0.25, 0.3) is 0 Å². The molecule has 0 bridgehead atoms. The summed E-state index contributed by atoms with van der Waals surface area (Å²) < 4.78 is 0. The molecule has 1 aliphatic rings. The van der Waals surface area contributed by atoms with Crippen LogP contribution in [0.4, 0.5) is 11.6 Å². The highest BCUT2D eigenvalue weighted by Gasteiger charge is 2.08. The smallest absolute Gasteiger partial charge is 0.129 e. The fourth-order valence-electron chi connectivity index (χ4n) is 1.94. The molecular weight excluding hydrogens is 236 g/mol. The zero-order valence-electron chi connectivity index (χ0n) is 11.5. The highest BCUT2D eigenvalue weighted by molar-refractivity contribution is 5.46. The van der Waals surface area contributed by atoms with Crippen LogP contribution in [0.3, 0.4) is 0 Å². The summed E-state index contributed by atoms with van der Waals surface area (Å²) in [5, 5.41) is 6.21. The fourth-order valence-corrected chi connectivity index (χ4v) is 1.94. The Morgan fingerprint density at radius 1 is 1.21 bits per heavy atom. The Labute approximate surface area is 114 Å². The summed E-state index contributed by atoms with van der Waals surface area (Å²) in [6.07, 6.45) is 4.17. The standard InChI is InChI=1S/C9H12N2.C6H8N2/c1-7-4-5-8-3-2-6-10-9(8)11-7;1-7-6-4-2-3-5-8-6/h4-5H,2-3,6H2,1H3,(H,10,11);2-5H,1H3,(H,7,8). The van der Waals surface area contributed by atoms with E-state index in [1.165, 1.54) is 18.4 Å². The molecule has 2 aromatic rings. The first kappa shape index (κ1) is 13.3. The number of anilines is 2. The average Bonchev–Trinajstić information content (AvgIpc) is 2.48. The SMILES string of the molecule is CNc1ccccn1.Cc1ccc2c(n1)NCCC2. The Morgan fingerprint density at radius 2 is 2.11 bits per heavy atom. The summed E-state index contributed by atoms with van der Waals surface area (Å²) in [6, 6.07) is 10.00. The van der Waals surface area contributed by atoms with E-state index in [1.54, 1.807) is 6.20 Å². The number of nitrogens with one attached hydrogen (secondary N) is 2. The number of hydrogen-bond acceptors (Lipinski definition) is 4. The van der Waals surface area contributed by atoms with Crippen LogP contribution < -0.4 is 10.6 Å². The zero-order valence-corrected chi connectivity index (χ0v) is 11.5. The minimum atomic E-state index is 0.910. The van der Waals surface area contributed by atoms with Gasteiger partial charge in [0, 0.05) is 25.5 Å². The maximum Gasteiger partial charge on any atom is 0.129 e. The normalized spacial score (nSPS) is 12.5. The molecule has 2 aromatic heterocycles. The van der Waals surface area contributed by atoms with Gasteiger partial charge >= 0.3 is 0 Å². The van der Waals surface area contributed by atoms with Crippen molar-refractivity contribution in [1.82, 2.24) is 9.97 Å². The van der Waals surface area contributed by atoms with Crippen LogP contribution in [0.1, 0.15) is 17.7 Å². The Morgan fingerprint density at radius 3 is 2.79 bits per heavy atom. The Kier molecular flexibility index (Phi) is 4.72. The molecule has 0 fully saturated rings. The second-order valence-corrected chi connectivity index (χ2v) is 4.46. The maximum absolute atomic E-state index is 4.40. The number of fused-ring (bicyclic) bond motifs is 1. The molecule has 2 N–H and O–H groups in total. The predicted molar refractivity (Wildman–Crippen MR) is 79.6 cm³/mol. The van der Waals surface area contributed by atoms with Gasteiger partial charge < -0.3 is 10.6 Å². The van der Waals surface area contributed by atoms with Gasteiger partial charge in [0.25, 0.3) is 0 Å². The third-order valence-corrected chi connectivity index (χ3v) is 2.95. The minimum Gasteiger partial charge on any atom is -0.373 e. The molecule has 4 heteroatoms. The molecule has 0 saturated heterocycles. The summed E-state index contributed by atoms with van der Waals surface area (Å²) in [5.74, 6) is 2.00. The van der Waals surface area contributed by atoms with Crippen molar-refractivity contribution in [2.75, 3.05) is 24.2 Å². The van der Waals surface area contributed by atoms with E-state index in [2.05, 4.69) is 32.7 Å². The van der Waals surface area contributed by atoms with Crippen molar-refractivity contribution in [3.63, 3.8) is 0 Å². The summed E-state index contributed by atoms with van der Waals surface area (Å²) in [4.78, 5) is 8.39. The summed E-state index contributed by atoms with van der Waals surface area (Å²) in [6.45, 7) is 3.10. The lowest BCUT2D eigenvalue weighted by Gasteiger charge is -2.16. The molecule has 0 saturated carbocycles. The van der Waals surface area contributed by atoms with E-state index in [-0.39, 0.29) is 0 Å². The second-order valence-electron chi connectivity index (χ2n) is 4.46. The monoisotopic (exact) mass is 256 g/mol. The highest BCUT2D eigenvalue weighted by Crippen LogP contribution is 2.18. The van der Waals surface area contributed by atoms with Crippen molar-refractivity contribution in [3.05, 3.63) is 47.8 Å². The van der Waals surface area contributed by atoms with Gasteiger partial charge in [-0.3, -0.25) is 0 Å². The maximum atomic E-state index is 4.40. The van der Waals surface area contributed by atoms with Crippen LogP contribution in [-0.2, 0) is 6.42 Å². The largest absolute Gasteiger partial charge is 0.373 e. The van der Waals surface area contributed by atoms with Gasteiger partial charge in [-0.25, -0.2) is 9.97 Å². The van der Waals surface area contributed by atoms with E-state index in [9.17, 15) is 0 Å². The molecule has 0 aromatic carbocycles. The molecule has 0 spiro atoms.